The summed E-state index contributed by atoms with van der Waals surface area (Å²) in [5.41, 5.74) is 8.91. The molecule has 1 aromatic carbocycles. The van der Waals surface area contributed by atoms with Gasteiger partial charge in [0, 0.05) is 48.3 Å². The van der Waals surface area contributed by atoms with Gasteiger partial charge in [-0.3, -0.25) is 14.6 Å². The van der Waals surface area contributed by atoms with Crippen LogP contribution >= 0.6 is 0 Å². The van der Waals surface area contributed by atoms with E-state index in [0.717, 1.165) is 48.7 Å². The molecule has 1 fully saturated rings. The monoisotopic (exact) mass is 529 g/mol. The predicted octanol–water partition coefficient (Wildman–Crippen LogP) is 6.71. The third kappa shape index (κ3) is 5.34. The lowest BCUT2D eigenvalue weighted by atomic mass is 9.86. The molecule has 9 heteroatoms. The summed E-state index contributed by atoms with van der Waals surface area (Å²) >= 11 is 0. The van der Waals surface area contributed by atoms with E-state index < -0.39 is 17.5 Å². The first-order valence-electron chi connectivity index (χ1n) is 12.9. The predicted molar refractivity (Wildman–Crippen MR) is 140 cm³/mol. The lowest BCUT2D eigenvalue weighted by Crippen LogP contribution is -2.32. The third-order valence-electron chi connectivity index (χ3n) is 7.72. The zero-order valence-electron chi connectivity index (χ0n) is 22.2. The van der Waals surface area contributed by atoms with E-state index >= 15 is 0 Å². The Balaban J connectivity index is 1.70. The van der Waals surface area contributed by atoms with Crippen LogP contribution in [-0.4, -0.2) is 40.6 Å². The number of amides is 1. The number of aromatic nitrogens is 2. The van der Waals surface area contributed by atoms with Crippen LogP contribution in [-0.2, 0) is 4.74 Å². The second-order valence-corrected chi connectivity index (χ2v) is 10.8. The zero-order chi connectivity index (χ0) is 27.8. The van der Waals surface area contributed by atoms with Gasteiger partial charge < -0.3 is 15.0 Å². The normalized spacial score (nSPS) is 15.2. The van der Waals surface area contributed by atoms with Gasteiger partial charge >= 0.3 is 6.18 Å². The lowest BCUT2D eigenvalue weighted by Gasteiger charge is -2.27. The van der Waals surface area contributed by atoms with Crippen molar-refractivity contribution >= 4 is 22.6 Å². The molecule has 4 rings (SSSR count). The average Bonchev–Trinajstić information content (AvgIpc) is 3.18. The van der Waals surface area contributed by atoms with E-state index in [9.17, 15) is 22.8 Å². The topological polar surface area (TPSA) is 87.2 Å². The van der Waals surface area contributed by atoms with Crippen LogP contribution in [0.1, 0.15) is 83.8 Å². The highest BCUT2D eigenvalue weighted by molar-refractivity contribution is 6.12. The number of aryl methyl sites for hydroxylation is 2. The number of nitrogens with two attached hydrogens (primary N) is 1. The maximum Gasteiger partial charge on any atom is 0.393 e. The largest absolute Gasteiger partial charge is 0.393 e. The van der Waals surface area contributed by atoms with Crippen molar-refractivity contribution in [2.75, 3.05) is 13.2 Å². The molecule has 0 unspecified atom stereocenters. The fourth-order valence-corrected chi connectivity index (χ4v) is 5.07. The number of alkyl halides is 3. The van der Waals surface area contributed by atoms with E-state index in [0.29, 0.717) is 35.7 Å². The maximum atomic E-state index is 13.1. The molecular formula is C29H34F3N3O3. The van der Waals surface area contributed by atoms with E-state index in [1.807, 2.05) is 19.9 Å². The van der Waals surface area contributed by atoms with Gasteiger partial charge in [-0.05, 0) is 74.9 Å². The SMILES string of the molecule is Cc1cc2c(C(N)=O)c(-c3ccc(C(=O)CCCC(C)(C)C(F)(F)F)cn3)n(C3CCOCC3)c2cc1C. The molecule has 204 valence electrons. The molecule has 1 aliphatic rings. The Labute approximate surface area is 220 Å². The van der Waals surface area contributed by atoms with Crippen molar-refractivity contribution < 1.29 is 27.5 Å². The highest BCUT2D eigenvalue weighted by Gasteiger charge is 2.46. The lowest BCUT2D eigenvalue weighted by molar-refractivity contribution is -0.213. The van der Waals surface area contributed by atoms with Crippen LogP contribution in [0.15, 0.2) is 30.5 Å². The standard InChI is InChI=1S/C29H34F3N3O3/c1-17-14-21-23(15-18(17)2)35(20-9-12-38-13-10-20)26(25(21)27(33)37)22-8-7-19(16-34-22)24(36)6-5-11-28(3,4)29(30,31)32/h7-8,14-16,20H,5-6,9-13H2,1-4H3,(H2,33,37). The van der Waals surface area contributed by atoms with Crippen LogP contribution in [0.2, 0.25) is 0 Å². The van der Waals surface area contributed by atoms with Crippen LogP contribution in [0.4, 0.5) is 13.2 Å². The van der Waals surface area contributed by atoms with Gasteiger partial charge in [-0.15, -0.1) is 0 Å². The molecule has 0 spiro atoms. The van der Waals surface area contributed by atoms with Crippen molar-refractivity contribution in [2.45, 2.75) is 72.0 Å². The number of primary amides is 1. The highest BCUT2D eigenvalue weighted by atomic mass is 19.4. The number of halogens is 3. The molecule has 38 heavy (non-hydrogen) atoms. The van der Waals surface area contributed by atoms with Crippen LogP contribution in [0.5, 0.6) is 0 Å². The minimum absolute atomic E-state index is 0.00599. The highest BCUT2D eigenvalue weighted by Crippen LogP contribution is 2.42. The molecule has 1 saturated heterocycles. The number of pyridine rings is 1. The van der Waals surface area contributed by atoms with Gasteiger partial charge in [0.1, 0.15) is 0 Å². The first kappa shape index (κ1) is 27.8. The molecule has 1 amide bonds. The number of ketones is 1. The molecule has 0 saturated carbocycles. The van der Waals surface area contributed by atoms with Crippen molar-refractivity contribution in [1.29, 1.82) is 0 Å². The zero-order valence-corrected chi connectivity index (χ0v) is 22.2. The van der Waals surface area contributed by atoms with Gasteiger partial charge in [-0.25, -0.2) is 0 Å². The Bertz CT molecular complexity index is 1350. The molecule has 3 heterocycles. The summed E-state index contributed by atoms with van der Waals surface area (Å²) in [6.07, 6.45) is -1.37. The van der Waals surface area contributed by atoms with E-state index in [2.05, 4.69) is 15.6 Å². The quantitative estimate of drug-likeness (QED) is 0.329. The number of hydrogen-bond donors (Lipinski definition) is 1. The fraction of sp³-hybridized carbons (Fsp3) is 0.483. The number of fused-ring (bicyclic) bond motifs is 1. The first-order chi connectivity index (χ1) is 17.8. The summed E-state index contributed by atoms with van der Waals surface area (Å²) in [4.78, 5) is 30.0. The van der Waals surface area contributed by atoms with Gasteiger partial charge in [-0.1, -0.05) is 13.8 Å². The first-order valence-corrected chi connectivity index (χ1v) is 12.9. The number of nitrogens with zero attached hydrogens (tertiary/aromatic N) is 2. The summed E-state index contributed by atoms with van der Waals surface area (Å²) in [7, 11) is 0. The van der Waals surface area contributed by atoms with Crippen LogP contribution in [0, 0.1) is 19.3 Å². The molecule has 0 aliphatic carbocycles. The van der Waals surface area contributed by atoms with Gasteiger partial charge in [0.05, 0.1) is 22.4 Å². The Morgan fingerprint density at radius 3 is 2.34 bits per heavy atom. The Hall–Kier alpha value is -3.20. The summed E-state index contributed by atoms with van der Waals surface area (Å²) in [6, 6.07) is 7.42. The smallest absolute Gasteiger partial charge is 0.381 e. The second kappa shape index (κ2) is 10.5. The minimum Gasteiger partial charge on any atom is -0.381 e. The van der Waals surface area contributed by atoms with Crippen molar-refractivity contribution in [1.82, 2.24) is 9.55 Å². The van der Waals surface area contributed by atoms with Crippen LogP contribution < -0.4 is 5.73 Å². The van der Waals surface area contributed by atoms with Crippen molar-refractivity contribution in [3.8, 4) is 11.4 Å². The number of rotatable bonds is 8. The minimum atomic E-state index is -4.32. The number of Topliss-reactive ketones (excluding diaryl/α,β-unsaturated/α-hetero) is 1. The van der Waals surface area contributed by atoms with Crippen LogP contribution in [0.3, 0.4) is 0 Å². The molecule has 6 nitrogen and oxygen atoms in total. The molecule has 0 bridgehead atoms. The molecule has 0 radical (unpaired) electrons. The number of hydrogen-bond acceptors (Lipinski definition) is 4. The van der Waals surface area contributed by atoms with E-state index in [1.165, 1.54) is 6.20 Å². The number of carbonyl (C=O) groups is 2. The van der Waals surface area contributed by atoms with Crippen molar-refractivity contribution in [3.63, 3.8) is 0 Å². The van der Waals surface area contributed by atoms with E-state index in [1.54, 1.807) is 12.1 Å². The number of benzene rings is 1. The maximum absolute atomic E-state index is 13.1. The van der Waals surface area contributed by atoms with Gasteiger partial charge in [0.25, 0.3) is 5.91 Å². The molecule has 2 aromatic heterocycles. The molecule has 3 aromatic rings. The van der Waals surface area contributed by atoms with Crippen molar-refractivity contribution in [2.24, 2.45) is 11.1 Å². The summed E-state index contributed by atoms with van der Waals surface area (Å²) < 4.78 is 47.1. The number of carbonyl (C=O) groups excluding carboxylic acids is 2. The molecule has 0 atom stereocenters. The second-order valence-electron chi connectivity index (χ2n) is 10.8. The molecule has 2 N–H and O–H groups in total. The molecule has 1 aliphatic heterocycles. The molecular weight excluding hydrogens is 495 g/mol. The van der Waals surface area contributed by atoms with Crippen LogP contribution in [0.25, 0.3) is 22.3 Å². The summed E-state index contributed by atoms with van der Waals surface area (Å²) in [5, 5.41) is 0.760. The average molecular weight is 530 g/mol. The Kier molecular flexibility index (Phi) is 7.70. The number of ether oxygens (including phenoxy) is 1. The Morgan fingerprint density at radius 2 is 1.76 bits per heavy atom. The Morgan fingerprint density at radius 1 is 1.11 bits per heavy atom. The third-order valence-corrected chi connectivity index (χ3v) is 7.72. The van der Waals surface area contributed by atoms with Gasteiger partial charge in [-0.2, -0.15) is 13.2 Å². The van der Waals surface area contributed by atoms with Crippen molar-refractivity contribution in [3.05, 3.63) is 52.7 Å². The van der Waals surface area contributed by atoms with E-state index in [-0.39, 0.29) is 31.1 Å². The van der Waals surface area contributed by atoms with E-state index in [4.69, 9.17) is 10.5 Å². The fourth-order valence-electron chi connectivity index (χ4n) is 5.07. The summed E-state index contributed by atoms with van der Waals surface area (Å²) in [5.74, 6) is -0.832. The van der Waals surface area contributed by atoms with Gasteiger partial charge in [0.2, 0.25) is 0 Å². The summed E-state index contributed by atoms with van der Waals surface area (Å²) in [6.45, 7) is 7.50. The van der Waals surface area contributed by atoms with Gasteiger partial charge in [0.15, 0.2) is 5.78 Å².